The topological polar surface area (TPSA) is 50.9 Å². The molecule has 0 aliphatic rings. The molecule has 0 fully saturated rings. The number of thiocarbonyl (C=S) groups is 1. The van der Waals surface area contributed by atoms with Crippen molar-refractivity contribution in [1.29, 1.82) is 0 Å². The first-order valence-corrected chi connectivity index (χ1v) is 7.56. The lowest BCUT2D eigenvalue weighted by Gasteiger charge is -2.05. The van der Waals surface area contributed by atoms with Crippen LogP contribution in [0.5, 0.6) is 0 Å². The first kappa shape index (κ1) is 14.2. The smallest absolute Gasteiger partial charge is 0.188 e. The highest BCUT2D eigenvalue weighted by Gasteiger charge is 2.09. The molecule has 21 heavy (non-hydrogen) atoms. The van der Waals surface area contributed by atoms with Crippen molar-refractivity contribution in [3.8, 4) is 0 Å². The van der Waals surface area contributed by atoms with Crippen LogP contribution >= 0.6 is 35.2 Å². The van der Waals surface area contributed by atoms with Gasteiger partial charge < -0.3 is 11.1 Å². The highest BCUT2D eigenvalue weighted by atomic mass is 35.5. The first-order chi connectivity index (χ1) is 10.0. The summed E-state index contributed by atoms with van der Waals surface area (Å²) in [4.78, 5) is 4.54. The maximum atomic E-state index is 14.0. The molecule has 0 amide bonds. The van der Waals surface area contributed by atoms with Crippen molar-refractivity contribution in [2.75, 3.05) is 5.32 Å². The fourth-order valence-corrected chi connectivity index (χ4v) is 3.12. The Morgan fingerprint density at radius 2 is 2.10 bits per heavy atom. The average Bonchev–Trinajstić information content (AvgIpc) is 2.82. The summed E-state index contributed by atoms with van der Waals surface area (Å²) in [5.41, 5.74) is 7.09. The first-order valence-electron chi connectivity index (χ1n) is 5.95. The van der Waals surface area contributed by atoms with E-state index in [4.69, 9.17) is 29.6 Å². The molecule has 3 aromatic rings. The van der Waals surface area contributed by atoms with Gasteiger partial charge in [0.25, 0.3) is 0 Å². The Hall–Kier alpha value is -1.76. The van der Waals surface area contributed by atoms with E-state index in [1.54, 1.807) is 18.2 Å². The Morgan fingerprint density at radius 1 is 1.29 bits per heavy atom. The Bertz CT molecular complexity index is 847. The van der Waals surface area contributed by atoms with Crippen molar-refractivity contribution in [3.05, 3.63) is 52.8 Å². The predicted molar refractivity (Wildman–Crippen MR) is 90.2 cm³/mol. The monoisotopic (exact) mass is 337 g/mol. The molecule has 7 heteroatoms. The van der Waals surface area contributed by atoms with Crippen molar-refractivity contribution < 1.29 is 4.39 Å². The van der Waals surface area contributed by atoms with Gasteiger partial charge >= 0.3 is 0 Å². The molecule has 0 atom stereocenters. The molecule has 3 nitrogen and oxygen atoms in total. The van der Waals surface area contributed by atoms with Gasteiger partial charge in [-0.3, -0.25) is 0 Å². The van der Waals surface area contributed by atoms with Crippen molar-refractivity contribution >= 4 is 61.2 Å². The maximum absolute atomic E-state index is 14.0. The molecule has 1 aromatic heterocycles. The van der Waals surface area contributed by atoms with E-state index in [-0.39, 0.29) is 4.99 Å². The van der Waals surface area contributed by atoms with Gasteiger partial charge in [0.05, 0.1) is 15.9 Å². The highest BCUT2D eigenvalue weighted by molar-refractivity contribution is 7.80. The number of aromatic nitrogens is 1. The summed E-state index contributed by atoms with van der Waals surface area (Å²) >= 11 is 12.2. The Kier molecular flexibility index (Phi) is 3.75. The summed E-state index contributed by atoms with van der Waals surface area (Å²) in [5, 5.41) is 4.19. The average molecular weight is 338 g/mol. The second kappa shape index (κ2) is 5.55. The lowest BCUT2D eigenvalue weighted by Crippen LogP contribution is -2.09. The van der Waals surface area contributed by atoms with E-state index < -0.39 is 5.82 Å². The lowest BCUT2D eigenvalue weighted by molar-refractivity contribution is 0.631. The number of nitrogens with two attached hydrogens (primary N) is 1. The zero-order valence-electron chi connectivity index (χ0n) is 10.6. The molecule has 3 N–H and O–H groups in total. The molecule has 0 saturated carbocycles. The van der Waals surface area contributed by atoms with Gasteiger partial charge in [-0.25, -0.2) is 9.37 Å². The van der Waals surface area contributed by atoms with Crippen LogP contribution in [0.2, 0.25) is 5.02 Å². The van der Waals surface area contributed by atoms with Gasteiger partial charge in [-0.05, 0) is 36.4 Å². The molecule has 0 aliphatic carbocycles. The number of fused-ring (bicyclic) bond motifs is 1. The molecule has 0 unspecified atom stereocenters. The van der Waals surface area contributed by atoms with Crippen molar-refractivity contribution in [1.82, 2.24) is 4.98 Å². The Morgan fingerprint density at radius 3 is 2.81 bits per heavy atom. The minimum atomic E-state index is -0.433. The highest BCUT2D eigenvalue weighted by Crippen LogP contribution is 2.31. The minimum Gasteiger partial charge on any atom is -0.389 e. The van der Waals surface area contributed by atoms with Crippen molar-refractivity contribution in [2.24, 2.45) is 5.73 Å². The molecule has 2 aromatic carbocycles. The molecule has 0 bridgehead atoms. The number of hydrogen-bond donors (Lipinski definition) is 2. The van der Waals surface area contributed by atoms with Crippen LogP contribution in [0, 0.1) is 5.82 Å². The quantitative estimate of drug-likeness (QED) is 0.692. The van der Waals surface area contributed by atoms with Crippen molar-refractivity contribution in [3.63, 3.8) is 0 Å². The summed E-state index contributed by atoms with van der Waals surface area (Å²) in [6.07, 6.45) is 0. The number of thiazole rings is 1. The van der Waals surface area contributed by atoms with E-state index in [9.17, 15) is 4.39 Å². The second-order valence-electron chi connectivity index (χ2n) is 4.31. The van der Waals surface area contributed by atoms with Crippen LogP contribution in [0.25, 0.3) is 10.2 Å². The third kappa shape index (κ3) is 2.97. The number of halogens is 2. The van der Waals surface area contributed by atoms with E-state index in [0.29, 0.717) is 21.4 Å². The van der Waals surface area contributed by atoms with E-state index in [0.717, 1.165) is 10.2 Å². The summed E-state index contributed by atoms with van der Waals surface area (Å²) < 4.78 is 14.9. The van der Waals surface area contributed by atoms with Gasteiger partial charge in [0.2, 0.25) is 0 Å². The van der Waals surface area contributed by atoms with Gasteiger partial charge in [-0.2, -0.15) is 0 Å². The van der Waals surface area contributed by atoms with Gasteiger partial charge in [-0.1, -0.05) is 35.2 Å². The molecule has 0 spiro atoms. The van der Waals surface area contributed by atoms with Gasteiger partial charge in [0.1, 0.15) is 10.8 Å². The molecule has 3 rings (SSSR count). The summed E-state index contributed by atoms with van der Waals surface area (Å²) in [7, 11) is 0. The van der Waals surface area contributed by atoms with Crippen LogP contribution in [0.15, 0.2) is 36.4 Å². The number of rotatable bonds is 3. The zero-order valence-corrected chi connectivity index (χ0v) is 13.0. The largest absolute Gasteiger partial charge is 0.389 e. The predicted octanol–water partition coefficient (Wildman–Crippen LogP) is 4.47. The molecule has 1 heterocycles. The van der Waals surface area contributed by atoms with Crippen LogP contribution < -0.4 is 11.1 Å². The van der Waals surface area contributed by atoms with Gasteiger partial charge in [0.15, 0.2) is 5.13 Å². The Balaban J connectivity index is 1.93. The number of hydrogen-bond acceptors (Lipinski definition) is 4. The lowest BCUT2D eigenvalue weighted by atomic mass is 10.2. The summed E-state index contributed by atoms with van der Waals surface area (Å²) in [6, 6.07) is 9.97. The van der Waals surface area contributed by atoms with Crippen LogP contribution in [0.3, 0.4) is 0 Å². The van der Waals surface area contributed by atoms with E-state index in [1.165, 1.54) is 17.4 Å². The van der Waals surface area contributed by atoms with Gasteiger partial charge in [-0.15, -0.1) is 0 Å². The fraction of sp³-hybridized carbons (Fsp3) is 0. The standard InChI is InChI=1S/C14H9ClFN3S2/c15-8-2-4-11-12(6-8)21-14(19-11)18-10-3-1-7(13(17)20)5-9(10)16/h1-6H,(H2,17,20)(H,18,19). The summed E-state index contributed by atoms with van der Waals surface area (Å²) in [6.45, 7) is 0. The number of nitrogens with one attached hydrogen (secondary N) is 1. The fourth-order valence-electron chi connectivity index (χ4n) is 1.84. The van der Waals surface area contributed by atoms with Crippen LogP contribution in [-0.4, -0.2) is 9.97 Å². The molecule has 106 valence electrons. The minimum absolute atomic E-state index is 0.162. The van der Waals surface area contributed by atoms with Gasteiger partial charge in [0, 0.05) is 10.6 Å². The summed E-state index contributed by atoms with van der Waals surface area (Å²) in [5.74, 6) is -0.433. The van der Waals surface area contributed by atoms with Crippen LogP contribution in [0.4, 0.5) is 15.2 Å². The van der Waals surface area contributed by atoms with E-state index >= 15 is 0 Å². The molecular weight excluding hydrogens is 329 g/mol. The second-order valence-corrected chi connectivity index (χ2v) is 6.22. The van der Waals surface area contributed by atoms with E-state index in [2.05, 4.69) is 10.3 Å². The third-order valence-electron chi connectivity index (χ3n) is 2.85. The third-order valence-corrected chi connectivity index (χ3v) is 4.25. The molecule has 0 radical (unpaired) electrons. The van der Waals surface area contributed by atoms with Crippen LogP contribution in [-0.2, 0) is 0 Å². The molecule has 0 aliphatic heterocycles. The maximum Gasteiger partial charge on any atom is 0.188 e. The molecule has 0 saturated heterocycles. The van der Waals surface area contributed by atoms with Crippen LogP contribution in [0.1, 0.15) is 5.56 Å². The molecular formula is C14H9ClFN3S2. The van der Waals surface area contributed by atoms with Crippen molar-refractivity contribution in [2.45, 2.75) is 0 Å². The zero-order chi connectivity index (χ0) is 15.0. The SMILES string of the molecule is NC(=S)c1ccc(Nc2nc3ccc(Cl)cc3s2)c(F)c1. The normalized spacial score (nSPS) is 10.8. The number of nitrogens with zero attached hydrogens (tertiary/aromatic N) is 1. The Labute approximate surface area is 134 Å². The number of anilines is 2. The van der Waals surface area contributed by atoms with E-state index in [1.807, 2.05) is 12.1 Å². The number of benzene rings is 2.